The zero-order valence-electron chi connectivity index (χ0n) is 6.87. The van der Waals surface area contributed by atoms with Crippen LogP contribution in [0.4, 0.5) is 0 Å². The number of phenolic OH excluding ortho intramolecular Hbond substituents is 1. The zero-order chi connectivity index (χ0) is 9.42. The molecule has 0 aliphatic heterocycles. The van der Waals surface area contributed by atoms with Crippen LogP contribution in [0.2, 0.25) is 5.02 Å². The van der Waals surface area contributed by atoms with Crippen molar-refractivity contribution >= 4 is 44.8 Å². The van der Waals surface area contributed by atoms with E-state index in [1.807, 2.05) is 23.8 Å². The van der Waals surface area contributed by atoms with Crippen molar-refractivity contribution in [3.05, 3.63) is 22.5 Å². The summed E-state index contributed by atoms with van der Waals surface area (Å²) in [7, 11) is 0. The Kier molecular flexibility index (Phi) is 2.41. The summed E-state index contributed by atoms with van der Waals surface area (Å²) < 4.78 is 0.956. The Morgan fingerprint density at radius 3 is 3.00 bits per heavy atom. The molecule has 1 aromatic carbocycles. The maximum atomic E-state index is 9.67. The average molecular weight is 231 g/mol. The Balaban J connectivity index is 2.83. The normalized spacial score (nSPS) is 10.9. The van der Waals surface area contributed by atoms with Crippen LogP contribution in [0.25, 0.3) is 10.1 Å². The fraction of sp³-hybridized carbons (Fsp3) is 0.111. The first-order valence-corrected chi connectivity index (χ1v) is 6.15. The molecule has 1 heterocycles. The van der Waals surface area contributed by atoms with E-state index in [4.69, 9.17) is 11.6 Å². The summed E-state index contributed by atoms with van der Waals surface area (Å²) in [6.07, 6.45) is 1.92. The van der Waals surface area contributed by atoms with E-state index in [0.717, 1.165) is 15.0 Å². The van der Waals surface area contributed by atoms with Gasteiger partial charge in [0.05, 0.1) is 9.60 Å². The quantitative estimate of drug-likeness (QED) is 0.748. The van der Waals surface area contributed by atoms with Crippen LogP contribution in [0, 0.1) is 0 Å². The first-order valence-electron chi connectivity index (χ1n) is 3.66. The summed E-state index contributed by atoms with van der Waals surface area (Å²) in [6.45, 7) is 0. The summed E-state index contributed by atoms with van der Waals surface area (Å²) >= 11 is 9.04. The van der Waals surface area contributed by atoms with E-state index in [1.54, 1.807) is 11.3 Å². The Labute approximate surface area is 89.3 Å². The Bertz CT molecular complexity index is 450. The first kappa shape index (κ1) is 9.19. The fourth-order valence-electron chi connectivity index (χ4n) is 1.19. The zero-order valence-corrected chi connectivity index (χ0v) is 9.26. The number of benzene rings is 1. The van der Waals surface area contributed by atoms with Crippen LogP contribution in [0.3, 0.4) is 0 Å². The molecule has 0 fully saturated rings. The number of thioether (sulfide) groups is 1. The maximum Gasteiger partial charge on any atom is 0.149 e. The van der Waals surface area contributed by atoms with Gasteiger partial charge in [-0.2, -0.15) is 0 Å². The Morgan fingerprint density at radius 1 is 1.54 bits per heavy atom. The van der Waals surface area contributed by atoms with Gasteiger partial charge in [0.1, 0.15) is 10.8 Å². The van der Waals surface area contributed by atoms with Gasteiger partial charge in [-0.05, 0) is 29.2 Å². The molecule has 4 heteroatoms. The van der Waals surface area contributed by atoms with Crippen molar-refractivity contribution in [2.75, 3.05) is 6.26 Å². The molecule has 0 spiro atoms. The van der Waals surface area contributed by atoms with Crippen molar-refractivity contribution in [2.24, 2.45) is 0 Å². The molecule has 68 valence electrons. The average Bonchev–Trinajstić information content (AvgIpc) is 2.59. The highest BCUT2D eigenvalue weighted by molar-refractivity contribution is 7.98. The maximum absolute atomic E-state index is 9.67. The third-order valence-corrected chi connectivity index (χ3v) is 4.02. The SMILES string of the molecule is CSc1cc2ccsc2c(Cl)c1O. The summed E-state index contributed by atoms with van der Waals surface area (Å²) in [5, 5.41) is 13.2. The lowest BCUT2D eigenvalue weighted by molar-refractivity contribution is 0.464. The van der Waals surface area contributed by atoms with Crippen molar-refractivity contribution in [2.45, 2.75) is 4.90 Å². The second-order valence-electron chi connectivity index (χ2n) is 2.58. The molecule has 1 N–H and O–H groups in total. The number of hydrogen-bond acceptors (Lipinski definition) is 3. The van der Waals surface area contributed by atoms with Crippen molar-refractivity contribution in [1.82, 2.24) is 0 Å². The van der Waals surface area contributed by atoms with Gasteiger partial charge in [0.2, 0.25) is 0 Å². The second kappa shape index (κ2) is 3.40. The van der Waals surface area contributed by atoms with E-state index in [0.29, 0.717) is 5.02 Å². The highest BCUT2D eigenvalue weighted by Crippen LogP contribution is 2.41. The van der Waals surface area contributed by atoms with E-state index >= 15 is 0 Å². The van der Waals surface area contributed by atoms with Gasteiger partial charge >= 0.3 is 0 Å². The van der Waals surface area contributed by atoms with E-state index in [2.05, 4.69) is 0 Å². The van der Waals surface area contributed by atoms with Crippen molar-refractivity contribution < 1.29 is 5.11 Å². The van der Waals surface area contributed by atoms with Gasteiger partial charge in [-0.1, -0.05) is 11.6 Å². The molecule has 1 nitrogen and oxygen atoms in total. The van der Waals surface area contributed by atoms with Crippen LogP contribution in [-0.2, 0) is 0 Å². The largest absolute Gasteiger partial charge is 0.505 e. The number of hydrogen-bond donors (Lipinski definition) is 1. The molecule has 0 unspecified atom stereocenters. The minimum Gasteiger partial charge on any atom is -0.505 e. The van der Waals surface area contributed by atoms with Crippen LogP contribution >= 0.6 is 34.7 Å². The van der Waals surface area contributed by atoms with Crippen molar-refractivity contribution in [1.29, 1.82) is 0 Å². The third-order valence-electron chi connectivity index (χ3n) is 1.84. The number of halogens is 1. The molecule has 0 atom stereocenters. The summed E-state index contributed by atoms with van der Waals surface area (Å²) in [5.74, 6) is 0.198. The van der Waals surface area contributed by atoms with Gasteiger partial charge in [0, 0.05) is 0 Å². The minimum absolute atomic E-state index is 0.198. The van der Waals surface area contributed by atoms with Gasteiger partial charge in [-0.15, -0.1) is 23.1 Å². The molecule has 0 aliphatic rings. The lowest BCUT2D eigenvalue weighted by atomic mass is 10.2. The molecular weight excluding hydrogens is 224 g/mol. The molecule has 2 aromatic rings. The van der Waals surface area contributed by atoms with Crippen LogP contribution in [0.1, 0.15) is 0 Å². The van der Waals surface area contributed by atoms with Crippen LogP contribution in [-0.4, -0.2) is 11.4 Å². The first-order chi connectivity index (χ1) is 6.24. The summed E-state index contributed by atoms with van der Waals surface area (Å²) in [4.78, 5) is 0.830. The van der Waals surface area contributed by atoms with Gasteiger partial charge in [0.25, 0.3) is 0 Å². The lowest BCUT2D eigenvalue weighted by Gasteiger charge is -2.03. The summed E-state index contributed by atoms with van der Waals surface area (Å²) in [6, 6.07) is 3.96. The van der Waals surface area contributed by atoms with Crippen LogP contribution in [0.5, 0.6) is 5.75 Å². The molecular formula is C9H7ClOS2. The highest BCUT2D eigenvalue weighted by Gasteiger charge is 2.10. The Morgan fingerprint density at radius 2 is 2.31 bits per heavy atom. The van der Waals surface area contributed by atoms with Gasteiger partial charge in [-0.3, -0.25) is 0 Å². The molecule has 0 saturated carbocycles. The standard InChI is InChI=1S/C9H7ClOS2/c1-12-6-4-5-2-3-13-9(5)7(10)8(6)11/h2-4,11H,1H3. The molecule has 0 bridgehead atoms. The summed E-state index contributed by atoms with van der Waals surface area (Å²) in [5.41, 5.74) is 0. The molecule has 0 radical (unpaired) electrons. The van der Waals surface area contributed by atoms with E-state index in [-0.39, 0.29) is 5.75 Å². The van der Waals surface area contributed by atoms with Crippen molar-refractivity contribution in [3.63, 3.8) is 0 Å². The topological polar surface area (TPSA) is 20.2 Å². The third kappa shape index (κ3) is 1.41. The van der Waals surface area contributed by atoms with Crippen LogP contribution < -0.4 is 0 Å². The molecule has 0 saturated heterocycles. The lowest BCUT2D eigenvalue weighted by Crippen LogP contribution is -1.75. The van der Waals surface area contributed by atoms with Crippen LogP contribution in [0.15, 0.2) is 22.4 Å². The molecule has 2 rings (SSSR count). The number of thiophene rings is 1. The second-order valence-corrected chi connectivity index (χ2v) is 4.72. The monoisotopic (exact) mass is 230 g/mol. The van der Waals surface area contributed by atoms with E-state index in [1.165, 1.54) is 11.8 Å². The van der Waals surface area contributed by atoms with E-state index in [9.17, 15) is 5.11 Å². The highest BCUT2D eigenvalue weighted by atomic mass is 35.5. The van der Waals surface area contributed by atoms with Crippen molar-refractivity contribution in [3.8, 4) is 5.75 Å². The molecule has 0 aliphatic carbocycles. The fourth-order valence-corrected chi connectivity index (χ4v) is 2.95. The minimum atomic E-state index is 0.198. The number of fused-ring (bicyclic) bond motifs is 1. The number of rotatable bonds is 1. The predicted octanol–water partition coefficient (Wildman–Crippen LogP) is 3.98. The molecule has 0 amide bonds. The molecule has 1 aromatic heterocycles. The predicted molar refractivity (Wildman–Crippen MR) is 60.3 cm³/mol. The van der Waals surface area contributed by atoms with Gasteiger partial charge < -0.3 is 5.11 Å². The molecule has 13 heavy (non-hydrogen) atoms. The van der Waals surface area contributed by atoms with Gasteiger partial charge in [-0.25, -0.2) is 0 Å². The smallest absolute Gasteiger partial charge is 0.149 e. The number of aromatic hydroxyl groups is 1. The van der Waals surface area contributed by atoms with E-state index < -0.39 is 0 Å². The van der Waals surface area contributed by atoms with Gasteiger partial charge in [0.15, 0.2) is 0 Å². The Hall–Kier alpha value is -0.380. The number of phenols is 1.